The van der Waals surface area contributed by atoms with Crippen LogP contribution in [-0.2, 0) is 6.18 Å². The first-order valence-corrected chi connectivity index (χ1v) is 22.5. The molecule has 2 aromatic heterocycles. The number of nitrogens with zero attached hydrogens (tertiary/aromatic N) is 2. The Morgan fingerprint density at radius 2 is 0.600 bits per heavy atom. The van der Waals surface area contributed by atoms with Gasteiger partial charge in [0.1, 0.15) is 11.4 Å². The minimum absolute atomic E-state index is 0.206. The van der Waals surface area contributed by atoms with Gasteiger partial charge in [0.25, 0.3) is 0 Å². The molecule has 10 aromatic carbocycles. The second-order valence-electron chi connectivity index (χ2n) is 17.3. The molecule has 0 atom stereocenters. The Hall–Kier alpha value is -8.69. The average molecular weight is 929 g/mol. The fraction of sp³-hybridized carbons (Fsp3) is 0.0164. The Morgan fingerprint density at radius 1 is 0.286 bits per heavy atom. The predicted octanol–water partition coefficient (Wildman–Crippen LogP) is 17.8. The Labute approximate surface area is 396 Å². The van der Waals surface area contributed by atoms with Crippen LogP contribution in [0.3, 0.4) is 0 Å². The van der Waals surface area contributed by atoms with Crippen molar-refractivity contribution in [2.45, 2.75) is 6.18 Å². The number of aromatic nitrogens is 2. The van der Waals surface area contributed by atoms with Gasteiger partial charge in [-0.25, -0.2) is 17.6 Å². The maximum atomic E-state index is 16.8. The van der Waals surface area contributed by atoms with E-state index in [9.17, 15) is 4.39 Å². The predicted molar refractivity (Wildman–Crippen MR) is 267 cm³/mol. The summed E-state index contributed by atoms with van der Waals surface area (Å²) in [7, 11) is 0. The number of rotatable bonds is 7. The van der Waals surface area contributed by atoms with Crippen molar-refractivity contribution in [2.24, 2.45) is 0 Å². The van der Waals surface area contributed by atoms with Crippen LogP contribution in [0.4, 0.5) is 30.7 Å². The van der Waals surface area contributed by atoms with Gasteiger partial charge in [-0.3, -0.25) is 0 Å². The molecule has 0 aliphatic rings. The normalized spacial score (nSPS) is 11.9. The molecule has 12 aromatic rings. The molecule has 0 amide bonds. The molecule has 0 spiro atoms. The molecule has 2 heterocycles. The Balaban J connectivity index is 1.23. The molecule has 0 N–H and O–H groups in total. The highest BCUT2D eigenvalue weighted by Gasteiger charge is 2.40. The van der Waals surface area contributed by atoms with Crippen molar-refractivity contribution in [3.05, 3.63) is 241 Å². The van der Waals surface area contributed by atoms with Crippen LogP contribution in [0.1, 0.15) is 5.56 Å². The number of halogens is 7. The fourth-order valence-corrected chi connectivity index (χ4v) is 10.0. The van der Waals surface area contributed by atoms with Crippen LogP contribution >= 0.6 is 0 Å². The van der Waals surface area contributed by atoms with Gasteiger partial charge in [-0.05, 0) is 111 Å². The van der Waals surface area contributed by atoms with Gasteiger partial charge in [-0.15, -0.1) is 0 Å². The molecule has 12 rings (SSSR count). The first kappa shape index (κ1) is 42.6. The van der Waals surface area contributed by atoms with Crippen LogP contribution in [0.5, 0.6) is 0 Å². The summed E-state index contributed by atoms with van der Waals surface area (Å²) in [5.41, 5.74) is 4.65. The minimum atomic E-state index is -5.12. The lowest BCUT2D eigenvalue weighted by Gasteiger charge is -2.23. The van der Waals surface area contributed by atoms with Gasteiger partial charge < -0.3 is 9.13 Å². The summed E-state index contributed by atoms with van der Waals surface area (Å²) in [5.74, 6) is -7.10. The summed E-state index contributed by atoms with van der Waals surface area (Å²) >= 11 is 0. The molecule has 0 radical (unpaired) electrons. The highest BCUT2D eigenvalue weighted by molar-refractivity contribution is 6.13. The van der Waals surface area contributed by atoms with E-state index in [1.54, 1.807) is 24.3 Å². The van der Waals surface area contributed by atoms with E-state index >= 15 is 26.3 Å². The first-order valence-electron chi connectivity index (χ1n) is 22.5. The number of hydrogen-bond acceptors (Lipinski definition) is 0. The molecule has 0 aliphatic heterocycles. The van der Waals surface area contributed by atoms with Crippen LogP contribution in [0.15, 0.2) is 212 Å². The zero-order valence-electron chi connectivity index (χ0n) is 36.7. The zero-order chi connectivity index (χ0) is 47.8. The van der Waals surface area contributed by atoms with Crippen LogP contribution in [0, 0.1) is 23.3 Å². The molecule has 9 heteroatoms. The van der Waals surface area contributed by atoms with Crippen molar-refractivity contribution >= 4 is 43.6 Å². The monoisotopic (exact) mass is 928 g/mol. The van der Waals surface area contributed by atoms with E-state index in [0.717, 1.165) is 56.6 Å². The number of benzene rings is 10. The van der Waals surface area contributed by atoms with Crippen LogP contribution in [0.2, 0.25) is 0 Å². The highest BCUT2D eigenvalue weighted by Crippen LogP contribution is 2.48. The third kappa shape index (κ3) is 7.03. The summed E-state index contributed by atoms with van der Waals surface area (Å²) in [4.78, 5) is 0. The molecular formula is C61H35F7N2. The second-order valence-corrected chi connectivity index (χ2v) is 17.3. The molecule has 70 heavy (non-hydrogen) atoms. The van der Waals surface area contributed by atoms with Gasteiger partial charge in [0.05, 0.1) is 39.0 Å². The summed E-state index contributed by atoms with van der Waals surface area (Å²) < 4.78 is 116. The quantitative estimate of drug-likeness (QED) is 0.0856. The van der Waals surface area contributed by atoms with E-state index in [4.69, 9.17) is 0 Å². The lowest BCUT2D eigenvalue weighted by Crippen LogP contribution is -2.16. The highest BCUT2D eigenvalue weighted by atomic mass is 19.4. The maximum Gasteiger partial charge on any atom is 0.420 e. The standard InChI is InChI=1S/C61H35F7N2/c62-49-35-50(63)59(64)60(65)57(49)44-33-55(69-51-25-21-40(36-13-5-1-6-14-36)29-45(51)46-30-41(22-26-52(46)69)37-15-7-2-8-16-37)58(61(66,67)68)56(34-44)70-53-27-23-42(38-17-9-3-10-18-38)31-47(53)48-32-43(24-28-54(48)70)39-19-11-4-12-20-39/h1-35H. The van der Waals surface area contributed by atoms with Crippen molar-refractivity contribution in [3.8, 4) is 67.0 Å². The molecule has 0 aliphatic carbocycles. The van der Waals surface area contributed by atoms with E-state index in [1.807, 2.05) is 170 Å². The van der Waals surface area contributed by atoms with Gasteiger partial charge in [0.2, 0.25) is 0 Å². The summed E-state index contributed by atoms with van der Waals surface area (Å²) in [6.07, 6.45) is -5.12. The molecule has 338 valence electrons. The van der Waals surface area contributed by atoms with Crippen LogP contribution in [-0.4, -0.2) is 9.13 Å². The van der Waals surface area contributed by atoms with Gasteiger partial charge in [0, 0.05) is 27.6 Å². The zero-order valence-corrected chi connectivity index (χ0v) is 36.7. The third-order valence-electron chi connectivity index (χ3n) is 13.2. The van der Waals surface area contributed by atoms with Crippen molar-refractivity contribution in [1.29, 1.82) is 0 Å². The SMILES string of the molecule is Fc1cc(F)c(-c2cc(-n3c4ccc(-c5ccccc5)cc4c4cc(-c5ccccc5)ccc43)c(C(F)(F)F)c(-n3c4ccc(-c5ccccc5)cc4c4cc(-c5ccccc5)ccc43)c2)c(F)c1F. The van der Waals surface area contributed by atoms with E-state index in [1.165, 1.54) is 9.13 Å². The topological polar surface area (TPSA) is 9.86 Å². The van der Waals surface area contributed by atoms with Gasteiger partial charge in [0.15, 0.2) is 17.5 Å². The summed E-state index contributed by atoms with van der Waals surface area (Å²) in [6.45, 7) is 0. The summed E-state index contributed by atoms with van der Waals surface area (Å²) in [5, 5.41) is 2.44. The van der Waals surface area contributed by atoms with E-state index in [2.05, 4.69) is 0 Å². The average Bonchev–Trinajstić information content (AvgIpc) is 3.89. The molecule has 0 bridgehead atoms. The molecular weight excluding hydrogens is 894 g/mol. The smallest absolute Gasteiger partial charge is 0.309 e. The largest absolute Gasteiger partial charge is 0.420 e. The Bertz CT molecular complexity index is 3590. The van der Waals surface area contributed by atoms with Crippen molar-refractivity contribution in [3.63, 3.8) is 0 Å². The molecule has 0 saturated carbocycles. The Morgan fingerprint density at radius 3 is 0.900 bits per heavy atom. The molecule has 0 saturated heterocycles. The van der Waals surface area contributed by atoms with Crippen molar-refractivity contribution < 1.29 is 30.7 Å². The lowest BCUT2D eigenvalue weighted by molar-refractivity contribution is -0.137. The molecule has 2 nitrogen and oxygen atoms in total. The number of hydrogen-bond donors (Lipinski definition) is 0. The van der Waals surface area contributed by atoms with Gasteiger partial charge >= 0.3 is 6.18 Å². The van der Waals surface area contributed by atoms with E-state index in [-0.39, 0.29) is 6.07 Å². The number of alkyl halides is 3. The third-order valence-corrected chi connectivity index (χ3v) is 13.2. The molecule has 0 fully saturated rings. The summed E-state index contributed by atoms with van der Waals surface area (Å²) in [6, 6.07) is 62.4. The van der Waals surface area contributed by atoms with Crippen molar-refractivity contribution in [1.82, 2.24) is 9.13 Å². The number of fused-ring (bicyclic) bond motifs is 6. The van der Waals surface area contributed by atoms with E-state index in [0.29, 0.717) is 43.6 Å². The van der Waals surface area contributed by atoms with Gasteiger partial charge in [-0.1, -0.05) is 146 Å². The Kier molecular flexibility index (Phi) is 10.1. The molecule has 0 unspecified atom stereocenters. The minimum Gasteiger partial charge on any atom is -0.309 e. The van der Waals surface area contributed by atoms with Crippen LogP contribution in [0.25, 0.3) is 111 Å². The van der Waals surface area contributed by atoms with Crippen LogP contribution < -0.4 is 0 Å². The lowest BCUT2D eigenvalue weighted by atomic mass is 9.97. The maximum absolute atomic E-state index is 16.8. The fourth-order valence-electron chi connectivity index (χ4n) is 10.0. The van der Waals surface area contributed by atoms with E-state index < -0.39 is 57.5 Å². The first-order chi connectivity index (χ1) is 34.0. The second kappa shape index (κ2) is 16.5. The van der Waals surface area contributed by atoms with Gasteiger partial charge in [-0.2, -0.15) is 13.2 Å². The van der Waals surface area contributed by atoms with Crippen molar-refractivity contribution in [2.75, 3.05) is 0 Å².